The van der Waals surface area contributed by atoms with E-state index >= 15 is 0 Å². The summed E-state index contributed by atoms with van der Waals surface area (Å²) in [5, 5.41) is 1.96. The van der Waals surface area contributed by atoms with Crippen LogP contribution in [0.3, 0.4) is 0 Å². The van der Waals surface area contributed by atoms with Gasteiger partial charge >= 0.3 is 5.97 Å². The highest BCUT2D eigenvalue weighted by atomic mass is 32.1. The Morgan fingerprint density at radius 1 is 1.48 bits per heavy atom. The van der Waals surface area contributed by atoms with Gasteiger partial charge in [0.05, 0.1) is 18.2 Å². The molecule has 1 amide bonds. The third-order valence-electron chi connectivity index (χ3n) is 4.33. The Balaban J connectivity index is 1.74. The molecule has 6 heteroatoms. The van der Waals surface area contributed by atoms with Crippen LogP contribution in [0, 0.1) is 12.8 Å². The second-order valence-electron chi connectivity index (χ2n) is 5.72. The normalized spacial score (nSPS) is 21.5. The van der Waals surface area contributed by atoms with Crippen LogP contribution >= 0.6 is 11.3 Å². The van der Waals surface area contributed by atoms with Crippen molar-refractivity contribution in [2.24, 2.45) is 5.92 Å². The van der Waals surface area contributed by atoms with Crippen LogP contribution in [0.1, 0.15) is 35.1 Å². The third kappa shape index (κ3) is 3.17. The van der Waals surface area contributed by atoms with E-state index in [1.807, 2.05) is 24.4 Å². The van der Waals surface area contributed by atoms with E-state index < -0.39 is 0 Å². The number of hydrogen-bond acceptors (Lipinski definition) is 5. The molecule has 122 valence electrons. The van der Waals surface area contributed by atoms with Gasteiger partial charge in [-0.3, -0.25) is 9.59 Å². The number of piperidine rings is 1. The summed E-state index contributed by atoms with van der Waals surface area (Å²) in [5.74, 6) is 0.230. The lowest BCUT2D eigenvalue weighted by Crippen LogP contribution is -2.43. The molecule has 0 bridgehead atoms. The van der Waals surface area contributed by atoms with Crippen molar-refractivity contribution in [1.29, 1.82) is 0 Å². The van der Waals surface area contributed by atoms with Crippen LogP contribution in [0.25, 0.3) is 0 Å². The highest BCUT2D eigenvalue weighted by Gasteiger charge is 2.40. The predicted molar refractivity (Wildman–Crippen MR) is 85.8 cm³/mol. The quantitative estimate of drug-likeness (QED) is 0.806. The fourth-order valence-corrected chi connectivity index (χ4v) is 3.88. The smallest absolute Gasteiger partial charge is 0.311 e. The van der Waals surface area contributed by atoms with Gasteiger partial charge in [-0.2, -0.15) is 0 Å². The molecule has 1 saturated heterocycles. The van der Waals surface area contributed by atoms with E-state index in [0.717, 1.165) is 16.2 Å². The third-order valence-corrected chi connectivity index (χ3v) is 5.28. The van der Waals surface area contributed by atoms with Crippen molar-refractivity contribution in [2.75, 3.05) is 7.05 Å². The number of likely N-dealkylation sites (tertiary alicyclic amines) is 1. The minimum Gasteiger partial charge on any atom is -0.469 e. The maximum atomic E-state index is 12.6. The number of aryl methyl sites for hydroxylation is 1. The number of nitrogens with zero attached hydrogens (tertiary/aromatic N) is 1. The topological polar surface area (TPSA) is 59.8 Å². The number of thiophene rings is 1. The van der Waals surface area contributed by atoms with Crippen molar-refractivity contribution >= 4 is 23.2 Å². The van der Waals surface area contributed by atoms with Crippen molar-refractivity contribution < 1.29 is 18.7 Å². The van der Waals surface area contributed by atoms with Crippen molar-refractivity contribution in [3.8, 4) is 0 Å². The summed E-state index contributed by atoms with van der Waals surface area (Å²) in [6.07, 6.45) is 2.48. The van der Waals surface area contributed by atoms with Gasteiger partial charge < -0.3 is 14.1 Å². The van der Waals surface area contributed by atoms with Gasteiger partial charge in [-0.25, -0.2) is 0 Å². The van der Waals surface area contributed by atoms with Gasteiger partial charge in [-0.1, -0.05) is 6.07 Å². The Bertz CT molecular complexity index is 691. The first-order valence-corrected chi connectivity index (χ1v) is 8.44. The molecular weight excluding hydrogens is 314 g/mol. The van der Waals surface area contributed by atoms with Crippen LogP contribution in [-0.4, -0.2) is 23.8 Å². The van der Waals surface area contributed by atoms with Crippen LogP contribution in [0.5, 0.6) is 0 Å². The average molecular weight is 333 g/mol. The van der Waals surface area contributed by atoms with E-state index in [1.54, 1.807) is 35.6 Å². The van der Waals surface area contributed by atoms with Crippen LogP contribution in [0.2, 0.25) is 0 Å². The van der Waals surface area contributed by atoms with Crippen molar-refractivity contribution in [3.63, 3.8) is 0 Å². The number of amides is 1. The standard InChI is InChI=1S/C17H19NO4S/c1-11-12(7-8-21-11)10-22-17(20)13-5-6-15(19)18(2)16(13)14-4-3-9-23-14/h3-4,7-9,13,16H,5-6,10H2,1-2H3/t13-,16+/m0/s1. The summed E-state index contributed by atoms with van der Waals surface area (Å²) in [4.78, 5) is 27.3. The fraction of sp³-hybridized carbons (Fsp3) is 0.412. The molecule has 1 aliphatic heterocycles. The van der Waals surface area contributed by atoms with E-state index in [4.69, 9.17) is 9.15 Å². The van der Waals surface area contributed by atoms with Crippen LogP contribution < -0.4 is 0 Å². The Hall–Kier alpha value is -2.08. The molecule has 1 fully saturated rings. The van der Waals surface area contributed by atoms with Gasteiger partial charge in [-0.05, 0) is 30.9 Å². The molecular formula is C17H19NO4S. The van der Waals surface area contributed by atoms with Crippen LogP contribution in [0.15, 0.2) is 34.3 Å². The zero-order valence-corrected chi connectivity index (χ0v) is 14.0. The van der Waals surface area contributed by atoms with E-state index in [1.165, 1.54) is 0 Å². The molecule has 0 spiro atoms. The van der Waals surface area contributed by atoms with E-state index in [2.05, 4.69) is 0 Å². The van der Waals surface area contributed by atoms with Gasteiger partial charge in [0.2, 0.25) is 5.91 Å². The summed E-state index contributed by atoms with van der Waals surface area (Å²) in [6, 6.07) is 5.46. The lowest BCUT2D eigenvalue weighted by Gasteiger charge is -2.37. The van der Waals surface area contributed by atoms with Gasteiger partial charge in [0, 0.05) is 23.9 Å². The number of carbonyl (C=O) groups is 2. The summed E-state index contributed by atoms with van der Waals surface area (Å²) >= 11 is 1.56. The largest absolute Gasteiger partial charge is 0.469 e. The fourth-order valence-electron chi connectivity index (χ4n) is 2.95. The Morgan fingerprint density at radius 2 is 2.30 bits per heavy atom. The molecule has 3 rings (SSSR count). The predicted octanol–water partition coefficient (Wildman–Crippen LogP) is 3.30. The highest BCUT2D eigenvalue weighted by Crippen LogP contribution is 2.38. The van der Waals surface area contributed by atoms with Gasteiger partial charge in [0.25, 0.3) is 0 Å². The molecule has 0 radical (unpaired) electrons. The number of ether oxygens (including phenoxy) is 1. The maximum absolute atomic E-state index is 12.6. The van der Waals surface area contributed by atoms with Crippen molar-refractivity contribution in [2.45, 2.75) is 32.4 Å². The van der Waals surface area contributed by atoms with Crippen molar-refractivity contribution in [1.82, 2.24) is 4.90 Å². The first-order valence-electron chi connectivity index (χ1n) is 7.56. The van der Waals surface area contributed by atoms with Gasteiger partial charge in [-0.15, -0.1) is 11.3 Å². The highest BCUT2D eigenvalue weighted by molar-refractivity contribution is 7.10. The minimum absolute atomic E-state index is 0.0677. The summed E-state index contributed by atoms with van der Waals surface area (Å²) < 4.78 is 10.7. The number of rotatable bonds is 4. The van der Waals surface area contributed by atoms with E-state index in [0.29, 0.717) is 12.8 Å². The SMILES string of the molecule is Cc1occc1COC(=O)[C@H]1CCC(=O)N(C)[C@H]1c1cccs1. The van der Waals surface area contributed by atoms with E-state index in [-0.39, 0.29) is 30.4 Å². The molecule has 0 aromatic carbocycles. The molecule has 1 aliphatic rings. The molecule has 0 aliphatic carbocycles. The Labute approximate surface area is 138 Å². The number of furan rings is 1. The summed E-state index contributed by atoms with van der Waals surface area (Å²) in [7, 11) is 1.76. The number of hydrogen-bond donors (Lipinski definition) is 0. The average Bonchev–Trinajstić information content (AvgIpc) is 3.19. The number of esters is 1. The summed E-state index contributed by atoms with van der Waals surface area (Å²) in [6.45, 7) is 2.04. The summed E-state index contributed by atoms with van der Waals surface area (Å²) in [5.41, 5.74) is 0.867. The molecule has 5 nitrogen and oxygen atoms in total. The van der Waals surface area contributed by atoms with Crippen LogP contribution in [0.4, 0.5) is 0 Å². The molecule has 2 aromatic rings. The monoisotopic (exact) mass is 333 g/mol. The van der Waals surface area contributed by atoms with E-state index in [9.17, 15) is 9.59 Å². The first-order chi connectivity index (χ1) is 11.1. The number of carbonyl (C=O) groups excluding carboxylic acids is 2. The molecule has 23 heavy (non-hydrogen) atoms. The lowest BCUT2D eigenvalue weighted by molar-refractivity contribution is -0.157. The Kier molecular flexibility index (Phi) is 4.52. The molecule has 0 N–H and O–H groups in total. The molecule has 0 saturated carbocycles. The maximum Gasteiger partial charge on any atom is 0.311 e. The van der Waals surface area contributed by atoms with Gasteiger partial charge in [0.1, 0.15) is 12.4 Å². The van der Waals surface area contributed by atoms with Gasteiger partial charge in [0.15, 0.2) is 0 Å². The zero-order valence-electron chi connectivity index (χ0n) is 13.2. The van der Waals surface area contributed by atoms with Crippen LogP contribution in [-0.2, 0) is 20.9 Å². The molecule has 3 heterocycles. The molecule has 2 aromatic heterocycles. The Morgan fingerprint density at radius 3 is 2.96 bits per heavy atom. The minimum atomic E-state index is -0.330. The second-order valence-corrected chi connectivity index (χ2v) is 6.70. The first kappa shape index (κ1) is 15.8. The molecule has 2 atom stereocenters. The zero-order chi connectivity index (χ0) is 16.4. The van der Waals surface area contributed by atoms with Crippen molar-refractivity contribution in [3.05, 3.63) is 46.0 Å². The lowest BCUT2D eigenvalue weighted by atomic mass is 9.88. The molecule has 0 unspecified atom stereocenters. The second kappa shape index (κ2) is 6.58.